The fraction of sp³-hybridized carbons (Fsp3) is 0.263. The van der Waals surface area contributed by atoms with Crippen molar-refractivity contribution >= 4 is 33.6 Å². The molecule has 3 N–H and O–H groups in total. The van der Waals surface area contributed by atoms with E-state index in [0.717, 1.165) is 21.3 Å². The molecule has 0 saturated carbocycles. The van der Waals surface area contributed by atoms with Gasteiger partial charge in [0.2, 0.25) is 0 Å². The van der Waals surface area contributed by atoms with E-state index in [4.69, 9.17) is 4.74 Å². The number of urea groups is 1. The van der Waals surface area contributed by atoms with Crippen molar-refractivity contribution in [2.24, 2.45) is 0 Å². The molecule has 0 heterocycles. The number of nitrogens with one attached hydrogen (secondary N) is 3. The molecule has 0 unspecified atom stereocenters. The van der Waals surface area contributed by atoms with E-state index < -0.39 is 0 Å². The van der Waals surface area contributed by atoms with E-state index in [2.05, 4.69) is 31.9 Å². The van der Waals surface area contributed by atoms with Crippen LogP contribution in [0.4, 0.5) is 10.5 Å². The summed E-state index contributed by atoms with van der Waals surface area (Å²) in [6, 6.07) is 10.4. The third-order valence-electron chi connectivity index (χ3n) is 3.78. The number of carbonyl (C=O) groups is 2. The summed E-state index contributed by atoms with van der Waals surface area (Å²) in [5, 5.41) is 8.33. The Morgan fingerprint density at radius 1 is 1.00 bits per heavy atom. The zero-order chi connectivity index (χ0) is 19.1. The third-order valence-corrected chi connectivity index (χ3v) is 4.24. The fourth-order valence-corrected chi connectivity index (χ4v) is 3.15. The van der Waals surface area contributed by atoms with Crippen LogP contribution in [0, 0.1) is 13.8 Å². The van der Waals surface area contributed by atoms with E-state index in [1.165, 1.54) is 0 Å². The predicted octanol–water partition coefficient (Wildman–Crippen LogP) is 3.63. The van der Waals surface area contributed by atoms with Crippen LogP contribution in [0.2, 0.25) is 0 Å². The molecule has 0 aliphatic rings. The number of methoxy groups -OCH3 is 1. The second kappa shape index (κ2) is 9.24. The number of hydrogen-bond donors (Lipinski definition) is 3. The lowest BCUT2D eigenvalue weighted by Crippen LogP contribution is -2.37. The number of aryl methyl sites for hydroxylation is 2. The molecule has 0 fully saturated rings. The average molecular weight is 420 g/mol. The molecular weight excluding hydrogens is 398 g/mol. The molecule has 0 spiro atoms. The molecule has 2 aromatic carbocycles. The SMILES string of the molecule is COc1ccc(C(=O)NCCNC(=O)Nc2c(C)cc(Br)cc2C)cc1. The molecule has 0 atom stereocenters. The smallest absolute Gasteiger partial charge is 0.319 e. The topological polar surface area (TPSA) is 79.5 Å². The number of ether oxygens (including phenoxy) is 1. The Kier molecular flexibility index (Phi) is 7.03. The van der Waals surface area contributed by atoms with Crippen molar-refractivity contribution in [3.8, 4) is 5.75 Å². The fourth-order valence-electron chi connectivity index (χ4n) is 2.46. The lowest BCUT2D eigenvalue weighted by Gasteiger charge is -2.13. The maximum Gasteiger partial charge on any atom is 0.319 e. The molecular formula is C19H22BrN3O3. The summed E-state index contributed by atoms with van der Waals surface area (Å²) in [4.78, 5) is 24.0. The maximum atomic E-state index is 12.0. The number of carbonyl (C=O) groups excluding carboxylic acids is 2. The van der Waals surface area contributed by atoms with Crippen molar-refractivity contribution < 1.29 is 14.3 Å². The summed E-state index contributed by atoms with van der Waals surface area (Å²) in [6.07, 6.45) is 0. The summed E-state index contributed by atoms with van der Waals surface area (Å²) >= 11 is 3.43. The Labute approximate surface area is 161 Å². The van der Waals surface area contributed by atoms with Crippen molar-refractivity contribution in [3.05, 3.63) is 57.6 Å². The van der Waals surface area contributed by atoms with Gasteiger partial charge in [0.1, 0.15) is 5.75 Å². The van der Waals surface area contributed by atoms with Gasteiger partial charge in [0.15, 0.2) is 0 Å². The van der Waals surface area contributed by atoms with Crippen LogP contribution < -0.4 is 20.7 Å². The minimum Gasteiger partial charge on any atom is -0.497 e. The van der Waals surface area contributed by atoms with Gasteiger partial charge < -0.3 is 20.7 Å². The van der Waals surface area contributed by atoms with Crippen LogP contribution in [0.3, 0.4) is 0 Å². The lowest BCUT2D eigenvalue weighted by molar-refractivity contribution is 0.0954. The van der Waals surface area contributed by atoms with Gasteiger partial charge in [-0.3, -0.25) is 4.79 Å². The van der Waals surface area contributed by atoms with E-state index in [1.807, 2.05) is 26.0 Å². The minimum atomic E-state index is -0.308. The van der Waals surface area contributed by atoms with Crippen LogP contribution in [-0.4, -0.2) is 32.1 Å². The molecule has 0 saturated heterocycles. The minimum absolute atomic E-state index is 0.200. The number of benzene rings is 2. The van der Waals surface area contributed by atoms with Gasteiger partial charge >= 0.3 is 6.03 Å². The van der Waals surface area contributed by atoms with Gasteiger partial charge in [-0.05, 0) is 61.4 Å². The molecule has 26 heavy (non-hydrogen) atoms. The first-order valence-corrected chi connectivity index (χ1v) is 8.94. The highest BCUT2D eigenvalue weighted by molar-refractivity contribution is 9.10. The zero-order valence-corrected chi connectivity index (χ0v) is 16.6. The summed E-state index contributed by atoms with van der Waals surface area (Å²) in [5.74, 6) is 0.493. The normalized spacial score (nSPS) is 10.2. The monoisotopic (exact) mass is 419 g/mol. The molecule has 7 heteroatoms. The van der Waals surface area contributed by atoms with Crippen molar-refractivity contribution in [2.75, 3.05) is 25.5 Å². The Bertz CT molecular complexity index is 768. The number of anilines is 1. The zero-order valence-electron chi connectivity index (χ0n) is 15.0. The Morgan fingerprint density at radius 2 is 1.58 bits per heavy atom. The summed E-state index contributed by atoms with van der Waals surface area (Å²) in [6.45, 7) is 4.52. The molecule has 0 aliphatic heterocycles. The van der Waals surface area contributed by atoms with Crippen LogP contribution in [0.1, 0.15) is 21.5 Å². The number of rotatable bonds is 6. The van der Waals surface area contributed by atoms with Crippen LogP contribution in [0.25, 0.3) is 0 Å². The first-order valence-electron chi connectivity index (χ1n) is 8.14. The van der Waals surface area contributed by atoms with Gasteiger partial charge in [0, 0.05) is 28.8 Å². The van der Waals surface area contributed by atoms with Crippen molar-refractivity contribution in [1.82, 2.24) is 10.6 Å². The van der Waals surface area contributed by atoms with E-state index in [0.29, 0.717) is 24.4 Å². The second-order valence-electron chi connectivity index (χ2n) is 5.78. The lowest BCUT2D eigenvalue weighted by atomic mass is 10.1. The quantitative estimate of drug-likeness (QED) is 0.625. The third kappa shape index (κ3) is 5.49. The van der Waals surface area contributed by atoms with E-state index in [1.54, 1.807) is 31.4 Å². The Morgan fingerprint density at radius 3 is 2.15 bits per heavy atom. The Balaban J connectivity index is 1.77. The predicted molar refractivity (Wildman–Crippen MR) is 106 cm³/mol. The summed E-state index contributed by atoms with van der Waals surface area (Å²) in [5.41, 5.74) is 3.27. The first kappa shape index (κ1) is 19.8. The van der Waals surface area contributed by atoms with Gasteiger partial charge in [-0.15, -0.1) is 0 Å². The Hall–Kier alpha value is -2.54. The van der Waals surface area contributed by atoms with E-state index in [-0.39, 0.29) is 11.9 Å². The highest BCUT2D eigenvalue weighted by atomic mass is 79.9. The largest absolute Gasteiger partial charge is 0.497 e. The molecule has 3 amide bonds. The molecule has 6 nitrogen and oxygen atoms in total. The molecule has 0 radical (unpaired) electrons. The van der Waals surface area contributed by atoms with E-state index >= 15 is 0 Å². The molecule has 0 bridgehead atoms. The van der Waals surface area contributed by atoms with Gasteiger partial charge in [-0.2, -0.15) is 0 Å². The number of hydrogen-bond acceptors (Lipinski definition) is 3. The van der Waals surface area contributed by atoms with Gasteiger partial charge in [-0.1, -0.05) is 15.9 Å². The van der Waals surface area contributed by atoms with Crippen molar-refractivity contribution in [2.45, 2.75) is 13.8 Å². The molecule has 0 aliphatic carbocycles. The van der Waals surface area contributed by atoms with Gasteiger partial charge in [0.25, 0.3) is 5.91 Å². The summed E-state index contributed by atoms with van der Waals surface area (Å²) < 4.78 is 6.03. The number of amides is 3. The highest BCUT2D eigenvalue weighted by Gasteiger charge is 2.09. The van der Waals surface area contributed by atoms with Gasteiger partial charge in [0.05, 0.1) is 7.11 Å². The van der Waals surface area contributed by atoms with Crippen LogP contribution >= 0.6 is 15.9 Å². The van der Waals surface area contributed by atoms with Crippen LogP contribution in [0.5, 0.6) is 5.75 Å². The highest BCUT2D eigenvalue weighted by Crippen LogP contribution is 2.24. The van der Waals surface area contributed by atoms with Gasteiger partial charge in [-0.25, -0.2) is 4.79 Å². The molecule has 138 valence electrons. The maximum absolute atomic E-state index is 12.0. The summed E-state index contributed by atoms with van der Waals surface area (Å²) in [7, 11) is 1.57. The first-order chi connectivity index (χ1) is 12.4. The molecule has 0 aromatic heterocycles. The average Bonchev–Trinajstić information content (AvgIpc) is 2.61. The van der Waals surface area contributed by atoms with Crippen LogP contribution in [-0.2, 0) is 0 Å². The van der Waals surface area contributed by atoms with Crippen LogP contribution in [0.15, 0.2) is 40.9 Å². The molecule has 2 aromatic rings. The van der Waals surface area contributed by atoms with Crippen molar-refractivity contribution in [1.29, 1.82) is 0 Å². The second-order valence-corrected chi connectivity index (χ2v) is 6.70. The van der Waals surface area contributed by atoms with Crippen molar-refractivity contribution in [3.63, 3.8) is 0 Å². The molecule has 2 rings (SSSR count). The van der Waals surface area contributed by atoms with E-state index in [9.17, 15) is 9.59 Å². The number of halogens is 1. The standard InChI is InChI=1S/C19H22BrN3O3/c1-12-10-15(20)11-13(2)17(12)23-19(25)22-9-8-21-18(24)14-4-6-16(26-3)7-5-14/h4-7,10-11H,8-9H2,1-3H3,(H,21,24)(H2,22,23,25).